The van der Waals surface area contributed by atoms with Crippen LogP contribution in [0.15, 0.2) is 42.5 Å². The molecule has 2 aromatic carbocycles. The number of aliphatic carboxylic acids is 1. The molecule has 2 aliphatic rings. The summed E-state index contributed by atoms with van der Waals surface area (Å²) in [6.45, 7) is 0. The van der Waals surface area contributed by atoms with Crippen molar-refractivity contribution in [3.63, 3.8) is 0 Å². The van der Waals surface area contributed by atoms with Crippen molar-refractivity contribution in [3.8, 4) is 0 Å². The predicted octanol–water partition coefficient (Wildman–Crippen LogP) is 3.49. The third-order valence-corrected chi connectivity index (χ3v) is 5.76. The van der Waals surface area contributed by atoms with E-state index in [1.807, 2.05) is 12.1 Å². The number of carboxylic acids is 1. The molecule has 4 rings (SSSR count). The molecule has 2 heterocycles. The average molecular weight is 295 g/mol. The molecule has 0 aromatic heterocycles. The van der Waals surface area contributed by atoms with Gasteiger partial charge in [0.05, 0.1) is 5.92 Å². The molecule has 0 radical (unpaired) electrons. The number of rotatable bonds is 2. The Labute approximate surface area is 130 Å². The van der Waals surface area contributed by atoms with Gasteiger partial charge >= 0.3 is 5.97 Å². The van der Waals surface area contributed by atoms with Crippen LogP contribution in [0, 0.1) is 5.92 Å². The van der Waals surface area contributed by atoms with Crippen LogP contribution in [-0.2, 0) is 4.79 Å². The van der Waals surface area contributed by atoms with Crippen molar-refractivity contribution in [1.82, 2.24) is 4.90 Å². The lowest BCUT2D eigenvalue weighted by Crippen LogP contribution is -2.48. The van der Waals surface area contributed by atoms with E-state index < -0.39 is 5.97 Å². The van der Waals surface area contributed by atoms with E-state index in [9.17, 15) is 9.90 Å². The molecule has 0 amide bonds. The fourth-order valence-electron chi connectivity index (χ4n) is 4.58. The number of carboxylic acid groups (broad SMARTS) is 1. The molecule has 0 saturated carbocycles. The van der Waals surface area contributed by atoms with Crippen LogP contribution in [0.1, 0.15) is 30.7 Å². The van der Waals surface area contributed by atoms with Crippen molar-refractivity contribution < 1.29 is 9.90 Å². The van der Waals surface area contributed by atoms with Crippen LogP contribution in [0.4, 0.5) is 0 Å². The molecular weight excluding hydrogens is 274 g/mol. The molecule has 0 spiro atoms. The number of hydrogen-bond donors (Lipinski definition) is 1. The summed E-state index contributed by atoms with van der Waals surface area (Å²) < 4.78 is 0. The lowest BCUT2D eigenvalue weighted by atomic mass is 9.76. The highest BCUT2D eigenvalue weighted by Crippen LogP contribution is 2.46. The molecular formula is C19H21NO2. The van der Waals surface area contributed by atoms with E-state index in [4.69, 9.17) is 0 Å². The molecule has 2 aliphatic heterocycles. The second kappa shape index (κ2) is 5.10. The molecule has 0 aliphatic carbocycles. The van der Waals surface area contributed by atoms with E-state index in [0.717, 1.165) is 19.3 Å². The Bertz CT molecular complexity index is 726. The molecule has 2 saturated heterocycles. The molecule has 2 aromatic rings. The minimum absolute atomic E-state index is 0.135. The van der Waals surface area contributed by atoms with Crippen LogP contribution < -0.4 is 0 Å². The Morgan fingerprint density at radius 3 is 2.68 bits per heavy atom. The lowest BCUT2D eigenvalue weighted by molar-refractivity contribution is -0.146. The zero-order valence-electron chi connectivity index (χ0n) is 12.8. The minimum atomic E-state index is -0.643. The number of nitrogens with zero attached hydrogens (tertiary/aromatic N) is 1. The summed E-state index contributed by atoms with van der Waals surface area (Å²) in [6.07, 6.45) is 3.11. The number of carbonyl (C=O) groups is 1. The topological polar surface area (TPSA) is 40.5 Å². The van der Waals surface area contributed by atoms with E-state index in [-0.39, 0.29) is 17.9 Å². The zero-order chi connectivity index (χ0) is 15.3. The van der Waals surface area contributed by atoms with Gasteiger partial charge in [0, 0.05) is 18.0 Å². The van der Waals surface area contributed by atoms with Gasteiger partial charge < -0.3 is 5.11 Å². The Balaban J connectivity index is 1.77. The average Bonchev–Trinajstić information content (AvgIpc) is 2.76. The molecule has 2 fully saturated rings. The van der Waals surface area contributed by atoms with Crippen molar-refractivity contribution in [2.24, 2.45) is 5.92 Å². The third-order valence-electron chi connectivity index (χ3n) is 5.76. The van der Waals surface area contributed by atoms with E-state index in [1.54, 1.807) is 0 Å². The Morgan fingerprint density at radius 1 is 1.14 bits per heavy atom. The maximum Gasteiger partial charge on any atom is 0.308 e. The molecule has 3 heteroatoms. The van der Waals surface area contributed by atoms with Gasteiger partial charge in [0.2, 0.25) is 0 Å². The largest absolute Gasteiger partial charge is 0.481 e. The highest BCUT2D eigenvalue weighted by Gasteiger charge is 2.49. The highest BCUT2D eigenvalue weighted by molar-refractivity contribution is 5.83. The first-order valence-electron chi connectivity index (χ1n) is 8.08. The summed E-state index contributed by atoms with van der Waals surface area (Å²) in [4.78, 5) is 14.2. The summed E-state index contributed by atoms with van der Waals surface area (Å²) in [5.41, 5.74) is 1.19. The van der Waals surface area contributed by atoms with Gasteiger partial charge in [-0.1, -0.05) is 42.5 Å². The van der Waals surface area contributed by atoms with Gasteiger partial charge in [0.25, 0.3) is 0 Å². The van der Waals surface area contributed by atoms with Crippen LogP contribution in [-0.4, -0.2) is 35.1 Å². The molecule has 3 nitrogen and oxygen atoms in total. The molecule has 22 heavy (non-hydrogen) atoms. The van der Waals surface area contributed by atoms with Crippen molar-refractivity contribution >= 4 is 16.7 Å². The third kappa shape index (κ3) is 2.03. The molecule has 2 bridgehead atoms. The summed E-state index contributed by atoms with van der Waals surface area (Å²) >= 11 is 0. The van der Waals surface area contributed by atoms with Gasteiger partial charge in [-0.05, 0) is 42.6 Å². The van der Waals surface area contributed by atoms with Crippen molar-refractivity contribution in [3.05, 3.63) is 48.0 Å². The first-order valence-corrected chi connectivity index (χ1v) is 8.08. The fraction of sp³-hybridized carbons (Fsp3) is 0.421. The summed E-state index contributed by atoms with van der Waals surface area (Å²) in [5.74, 6) is -0.795. The van der Waals surface area contributed by atoms with Gasteiger partial charge in [-0.2, -0.15) is 0 Å². The molecule has 4 atom stereocenters. The summed E-state index contributed by atoms with van der Waals surface area (Å²) in [7, 11) is 2.09. The maximum atomic E-state index is 11.9. The molecule has 1 unspecified atom stereocenters. The monoisotopic (exact) mass is 295 g/mol. The quantitative estimate of drug-likeness (QED) is 0.922. The minimum Gasteiger partial charge on any atom is -0.481 e. The van der Waals surface area contributed by atoms with Crippen LogP contribution in [0.3, 0.4) is 0 Å². The standard InChI is InChI=1S/C19H21NO2/c1-20-15-8-9-17(20)18(19(21)22)16(11-15)14-7-6-12-4-2-3-5-13(12)10-14/h2-7,10,15-18H,8-9,11H2,1H3,(H,21,22)/t15?,16-,17-,18+/m1/s1. The van der Waals surface area contributed by atoms with Gasteiger partial charge in [-0.25, -0.2) is 0 Å². The van der Waals surface area contributed by atoms with E-state index >= 15 is 0 Å². The SMILES string of the molecule is CN1C2CC[C@@H]1[C@@H](C(=O)O)[C@@H](c1ccc3ccccc3c1)C2. The van der Waals surface area contributed by atoms with Crippen LogP contribution >= 0.6 is 0 Å². The summed E-state index contributed by atoms with van der Waals surface area (Å²) in [6, 6.07) is 15.5. The van der Waals surface area contributed by atoms with Gasteiger partial charge in [0.15, 0.2) is 0 Å². The van der Waals surface area contributed by atoms with Gasteiger partial charge in [-0.3, -0.25) is 9.69 Å². The van der Waals surface area contributed by atoms with Crippen LogP contribution in [0.25, 0.3) is 10.8 Å². The fourth-order valence-corrected chi connectivity index (χ4v) is 4.58. The molecule has 114 valence electrons. The Morgan fingerprint density at radius 2 is 1.91 bits per heavy atom. The second-order valence-corrected chi connectivity index (χ2v) is 6.78. The number of fused-ring (bicyclic) bond motifs is 3. The first kappa shape index (κ1) is 13.8. The van der Waals surface area contributed by atoms with E-state index in [1.165, 1.54) is 16.3 Å². The van der Waals surface area contributed by atoms with Crippen molar-refractivity contribution in [2.45, 2.75) is 37.3 Å². The second-order valence-electron chi connectivity index (χ2n) is 6.78. The smallest absolute Gasteiger partial charge is 0.308 e. The van der Waals surface area contributed by atoms with Crippen molar-refractivity contribution in [2.75, 3.05) is 7.05 Å². The highest BCUT2D eigenvalue weighted by atomic mass is 16.4. The normalized spacial score (nSPS) is 31.5. The summed E-state index contributed by atoms with van der Waals surface area (Å²) in [5, 5.41) is 12.2. The van der Waals surface area contributed by atoms with E-state index in [0.29, 0.717) is 6.04 Å². The van der Waals surface area contributed by atoms with Crippen LogP contribution in [0.2, 0.25) is 0 Å². The first-order chi connectivity index (χ1) is 10.6. The lowest BCUT2D eigenvalue weighted by Gasteiger charge is -2.41. The number of benzene rings is 2. The van der Waals surface area contributed by atoms with Gasteiger partial charge in [0.1, 0.15) is 0 Å². The van der Waals surface area contributed by atoms with Gasteiger partial charge in [-0.15, -0.1) is 0 Å². The van der Waals surface area contributed by atoms with Crippen LogP contribution in [0.5, 0.6) is 0 Å². The Hall–Kier alpha value is -1.87. The zero-order valence-corrected chi connectivity index (χ0v) is 12.8. The molecule has 1 N–H and O–H groups in total. The Kier molecular flexibility index (Phi) is 3.19. The van der Waals surface area contributed by atoms with Crippen molar-refractivity contribution in [1.29, 1.82) is 0 Å². The number of hydrogen-bond acceptors (Lipinski definition) is 2. The van der Waals surface area contributed by atoms with E-state index in [2.05, 4.69) is 42.3 Å². The number of piperidine rings is 1. The maximum absolute atomic E-state index is 11.9. The predicted molar refractivity (Wildman–Crippen MR) is 87.0 cm³/mol.